The van der Waals surface area contributed by atoms with Crippen LogP contribution in [0.3, 0.4) is 0 Å². The van der Waals surface area contributed by atoms with Crippen molar-refractivity contribution in [1.29, 1.82) is 0 Å². The van der Waals surface area contributed by atoms with Gasteiger partial charge in [0.15, 0.2) is 0 Å². The van der Waals surface area contributed by atoms with Crippen molar-refractivity contribution in [2.45, 2.75) is 142 Å². The monoisotopic (exact) mass is 746 g/mol. The summed E-state index contributed by atoms with van der Waals surface area (Å²) in [6.45, 7) is 5.74. The van der Waals surface area contributed by atoms with Gasteiger partial charge in [0.05, 0.1) is 13.2 Å². The minimum Gasteiger partial charge on any atom is -0.493 e. The predicted octanol–water partition coefficient (Wildman–Crippen LogP) is 15.0. The Morgan fingerprint density at radius 1 is 0.442 bits per heavy atom. The molecule has 4 aromatic carbocycles. The summed E-state index contributed by atoms with van der Waals surface area (Å²) in [4.78, 5) is 24.2. The molecule has 0 N–H and O–H groups in total. The second-order valence-electron chi connectivity index (χ2n) is 14.4. The highest BCUT2D eigenvalue weighted by Gasteiger charge is 2.21. The van der Waals surface area contributed by atoms with Gasteiger partial charge in [-0.25, -0.2) is 0 Å². The van der Waals surface area contributed by atoms with Crippen LogP contribution in [0, 0.1) is 0 Å². The fourth-order valence-corrected chi connectivity index (χ4v) is 7.40. The smallest absolute Gasteiger partial charge is 0.252 e. The summed E-state index contributed by atoms with van der Waals surface area (Å²) in [5.41, 5.74) is 2.71. The largest absolute Gasteiger partial charge is 0.493 e. The lowest BCUT2D eigenvalue weighted by Crippen LogP contribution is -2.03. The average molecular weight is 748 g/mol. The molecule has 0 unspecified atom stereocenters. The minimum atomic E-state index is -0.492. The van der Waals surface area contributed by atoms with Gasteiger partial charge in [0.2, 0.25) is 0 Å². The standard InChI is InChI=1S/C46H60Cl2O4/c1-3-5-7-9-11-13-15-17-19-21-31-51-41-29-25-35-33-37(45(47)49)23-27-39(35)43(41)44-40-28-24-38(46(48)50)34-36(40)26-30-42(44)52-32-22-20-18-16-14-12-10-8-6-4-2/h23-30,33-34H,3-22,31-32H2,1-2H3. The third-order valence-corrected chi connectivity index (χ3v) is 10.6. The van der Waals surface area contributed by atoms with E-state index in [1.54, 1.807) is 12.1 Å². The number of hydrogen-bond acceptors (Lipinski definition) is 4. The number of halogens is 2. The molecular weight excluding hydrogens is 687 g/mol. The molecule has 0 spiro atoms. The highest BCUT2D eigenvalue weighted by molar-refractivity contribution is 6.68. The van der Waals surface area contributed by atoms with Gasteiger partial charge in [0, 0.05) is 22.3 Å². The Morgan fingerprint density at radius 2 is 0.769 bits per heavy atom. The predicted molar refractivity (Wildman–Crippen MR) is 222 cm³/mol. The Kier molecular flexibility index (Phi) is 18.9. The molecule has 0 aliphatic rings. The maximum absolute atomic E-state index is 12.1. The summed E-state index contributed by atoms with van der Waals surface area (Å²) >= 11 is 11.8. The zero-order chi connectivity index (χ0) is 37.0. The maximum Gasteiger partial charge on any atom is 0.252 e. The van der Waals surface area contributed by atoms with E-state index in [1.807, 2.05) is 48.5 Å². The Bertz CT molecular complexity index is 1570. The quantitative estimate of drug-likeness (QED) is 0.0450. The first-order chi connectivity index (χ1) is 25.4. The van der Waals surface area contributed by atoms with E-state index in [0.29, 0.717) is 24.3 Å². The van der Waals surface area contributed by atoms with Crippen molar-refractivity contribution in [2.24, 2.45) is 0 Å². The first-order valence-electron chi connectivity index (χ1n) is 20.2. The first-order valence-corrected chi connectivity index (χ1v) is 21.0. The molecule has 0 heterocycles. The minimum absolute atomic E-state index is 0.444. The van der Waals surface area contributed by atoms with E-state index in [0.717, 1.165) is 69.9 Å². The molecule has 4 rings (SSSR count). The van der Waals surface area contributed by atoms with Crippen molar-refractivity contribution in [1.82, 2.24) is 0 Å². The van der Waals surface area contributed by atoms with Crippen LogP contribution < -0.4 is 9.47 Å². The van der Waals surface area contributed by atoms with E-state index in [2.05, 4.69) is 13.8 Å². The van der Waals surface area contributed by atoms with E-state index in [4.69, 9.17) is 32.7 Å². The number of fused-ring (bicyclic) bond motifs is 2. The van der Waals surface area contributed by atoms with Crippen LogP contribution in [0.2, 0.25) is 0 Å². The Labute approximate surface area is 322 Å². The van der Waals surface area contributed by atoms with Gasteiger partial charge in [-0.05, 0) is 94.0 Å². The van der Waals surface area contributed by atoms with Crippen molar-refractivity contribution < 1.29 is 19.1 Å². The van der Waals surface area contributed by atoms with E-state index >= 15 is 0 Å². The summed E-state index contributed by atoms with van der Waals surface area (Å²) in [5.74, 6) is 1.53. The second-order valence-corrected chi connectivity index (χ2v) is 15.0. The van der Waals surface area contributed by atoms with Gasteiger partial charge in [0.25, 0.3) is 10.5 Å². The molecule has 282 valence electrons. The lowest BCUT2D eigenvalue weighted by molar-refractivity contribution is 0.107. The molecule has 52 heavy (non-hydrogen) atoms. The van der Waals surface area contributed by atoms with Crippen molar-refractivity contribution in [3.05, 3.63) is 71.8 Å². The van der Waals surface area contributed by atoms with Gasteiger partial charge < -0.3 is 9.47 Å². The second kappa shape index (κ2) is 23.6. The molecule has 0 aliphatic heterocycles. The highest BCUT2D eigenvalue weighted by Crippen LogP contribution is 2.46. The molecule has 0 radical (unpaired) electrons. The number of benzene rings is 4. The number of ether oxygens (including phenoxy) is 2. The van der Waals surface area contributed by atoms with Crippen LogP contribution in [0.4, 0.5) is 0 Å². The van der Waals surface area contributed by atoms with E-state index in [9.17, 15) is 9.59 Å². The third-order valence-electron chi connectivity index (χ3n) is 10.2. The molecule has 0 saturated heterocycles. The van der Waals surface area contributed by atoms with Crippen LogP contribution in [0.5, 0.6) is 11.5 Å². The van der Waals surface area contributed by atoms with Crippen molar-refractivity contribution in [2.75, 3.05) is 13.2 Å². The Hall–Kier alpha value is -3.08. The molecule has 0 atom stereocenters. The maximum atomic E-state index is 12.1. The molecule has 6 heteroatoms. The van der Waals surface area contributed by atoms with E-state index in [1.165, 1.54) is 103 Å². The summed E-state index contributed by atoms with van der Waals surface area (Å²) < 4.78 is 13.2. The van der Waals surface area contributed by atoms with E-state index in [-0.39, 0.29) is 0 Å². The SMILES string of the molecule is CCCCCCCCCCCCOc1ccc2cc(C(=O)Cl)ccc2c1-c1c(OCCCCCCCCCCCC)ccc2cc(C(=O)Cl)ccc12. The molecule has 0 aliphatic carbocycles. The fraction of sp³-hybridized carbons (Fsp3) is 0.522. The van der Waals surface area contributed by atoms with E-state index < -0.39 is 10.5 Å². The zero-order valence-electron chi connectivity index (χ0n) is 31.7. The van der Waals surface area contributed by atoms with Crippen molar-refractivity contribution >= 4 is 55.2 Å². The molecule has 4 aromatic rings. The van der Waals surface area contributed by atoms with Gasteiger partial charge in [-0.3, -0.25) is 9.59 Å². The van der Waals surface area contributed by atoms with Crippen LogP contribution in [0.1, 0.15) is 163 Å². The van der Waals surface area contributed by atoms with Gasteiger partial charge in [-0.2, -0.15) is 0 Å². The fourth-order valence-electron chi connectivity index (χ4n) is 7.16. The van der Waals surface area contributed by atoms with Crippen LogP contribution in [0.15, 0.2) is 60.7 Å². The Morgan fingerprint density at radius 3 is 1.10 bits per heavy atom. The van der Waals surface area contributed by atoms with Crippen LogP contribution in [-0.2, 0) is 0 Å². The van der Waals surface area contributed by atoms with Crippen LogP contribution >= 0.6 is 23.2 Å². The van der Waals surface area contributed by atoms with Gasteiger partial charge >= 0.3 is 0 Å². The molecule has 4 nitrogen and oxygen atoms in total. The molecule has 0 saturated carbocycles. The molecule has 0 aromatic heterocycles. The number of hydrogen-bond donors (Lipinski definition) is 0. The normalized spacial score (nSPS) is 11.4. The number of rotatable bonds is 27. The summed E-state index contributed by atoms with van der Waals surface area (Å²) in [5, 5.41) is 2.67. The summed E-state index contributed by atoms with van der Waals surface area (Å²) in [6.07, 6.45) is 25.2. The average Bonchev–Trinajstić information content (AvgIpc) is 3.15. The molecular formula is C46H60Cl2O4. The number of carbonyl (C=O) groups is 2. The summed E-state index contributed by atoms with van der Waals surface area (Å²) in [7, 11) is 0. The number of unbranched alkanes of at least 4 members (excludes halogenated alkanes) is 18. The number of carbonyl (C=O) groups excluding carboxylic acids is 2. The van der Waals surface area contributed by atoms with Gasteiger partial charge in [-0.15, -0.1) is 0 Å². The molecule has 0 fully saturated rings. The highest BCUT2D eigenvalue weighted by atomic mass is 35.5. The van der Waals surface area contributed by atoms with Crippen molar-refractivity contribution in [3.63, 3.8) is 0 Å². The third kappa shape index (κ3) is 13.1. The first kappa shape index (κ1) is 41.7. The molecule has 0 bridgehead atoms. The van der Waals surface area contributed by atoms with Crippen LogP contribution in [0.25, 0.3) is 32.7 Å². The van der Waals surface area contributed by atoms with Gasteiger partial charge in [-0.1, -0.05) is 154 Å². The topological polar surface area (TPSA) is 52.6 Å². The summed E-state index contributed by atoms with van der Waals surface area (Å²) in [6, 6.07) is 19.1. The lowest BCUT2D eigenvalue weighted by atomic mass is 9.91. The Balaban J connectivity index is 1.55. The van der Waals surface area contributed by atoms with Crippen molar-refractivity contribution in [3.8, 4) is 22.6 Å². The zero-order valence-corrected chi connectivity index (χ0v) is 33.2. The lowest BCUT2D eigenvalue weighted by Gasteiger charge is -2.20. The molecule has 0 amide bonds. The van der Waals surface area contributed by atoms with Crippen LogP contribution in [-0.4, -0.2) is 23.7 Å². The van der Waals surface area contributed by atoms with Gasteiger partial charge in [0.1, 0.15) is 11.5 Å².